The van der Waals surface area contributed by atoms with Crippen molar-refractivity contribution in [3.8, 4) is 11.5 Å². The molecular weight excluding hydrogens is 274 g/mol. The van der Waals surface area contributed by atoms with Gasteiger partial charge in [-0.3, -0.25) is 4.98 Å². The van der Waals surface area contributed by atoms with Gasteiger partial charge in [-0.25, -0.2) is 8.78 Å². The van der Waals surface area contributed by atoms with Gasteiger partial charge in [0.2, 0.25) is 0 Å². The van der Waals surface area contributed by atoms with E-state index in [1.165, 1.54) is 0 Å². The number of halogens is 2. The standard InChI is InChI=1S/C16H18F2N2O/c1-3-15(19-4-2)16-6-5-13(10-20-16)21-14-8-11(17)7-12(18)9-14/h5-10,15,19H,3-4H2,1-2H3. The van der Waals surface area contributed by atoms with Gasteiger partial charge in [0, 0.05) is 24.2 Å². The normalized spacial score (nSPS) is 12.2. The molecule has 0 radical (unpaired) electrons. The number of nitrogens with zero attached hydrogens (tertiary/aromatic N) is 1. The molecule has 21 heavy (non-hydrogen) atoms. The zero-order chi connectivity index (χ0) is 15.2. The molecule has 1 heterocycles. The molecule has 0 amide bonds. The Hall–Kier alpha value is -2.01. The van der Waals surface area contributed by atoms with Gasteiger partial charge in [0.05, 0.1) is 11.9 Å². The second-order valence-corrected chi connectivity index (χ2v) is 4.64. The molecule has 3 nitrogen and oxygen atoms in total. The van der Waals surface area contributed by atoms with E-state index in [0.29, 0.717) is 5.75 Å². The molecule has 1 aromatic carbocycles. The highest BCUT2D eigenvalue weighted by Gasteiger charge is 2.09. The highest BCUT2D eigenvalue weighted by Crippen LogP contribution is 2.24. The summed E-state index contributed by atoms with van der Waals surface area (Å²) in [5.41, 5.74) is 0.914. The Bertz CT molecular complexity index is 567. The van der Waals surface area contributed by atoms with Crippen molar-refractivity contribution < 1.29 is 13.5 Å². The molecule has 0 fully saturated rings. The maximum atomic E-state index is 13.1. The van der Waals surface area contributed by atoms with Gasteiger partial charge in [0.25, 0.3) is 0 Å². The van der Waals surface area contributed by atoms with Gasteiger partial charge in [0.1, 0.15) is 23.1 Å². The molecule has 1 atom stereocenters. The monoisotopic (exact) mass is 292 g/mol. The molecule has 1 N–H and O–H groups in total. The van der Waals surface area contributed by atoms with Gasteiger partial charge in [-0.2, -0.15) is 0 Å². The van der Waals surface area contributed by atoms with Crippen molar-refractivity contribution in [1.82, 2.24) is 10.3 Å². The Morgan fingerprint density at radius 1 is 1.10 bits per heavy atom. The lowest BCUT2D eigenvalue weighted by molar-refractivity contribution is 0.463. The highest BCUT2D eigenvalue weighted by atomic mass is 19.1. The summed E-state index contributed by atoms with van der Waals surface area (Å²) in [6.45, 7) is 4.98. The SMILES string of the molecule is CCNC(CC)c1ccc(Oc2cc(F)cc(F)c2)cn1. The van der Waals surface area contributed by atoms with Gasteiger partial charge < -0.3 is 10.1 Å². The average Bonchev–Trinajstić information content (AvgIpc) is 2.45. The summed E-state index contributed by atoms with van der Waals surface area (Å²) in [5, 5.41) is 3.33. The van der Waals surface area contributed by atoms with Crippen LogP contribution in [-0.4, -0.2) is 11.5 Å². The van der Waals surface area contributed by atoms with Crippen LogP contribution in [0.15, 0.2) is 36.5 Å². The average molecular weight is 292 g/mol. The largest absolute Gasteiger partial charge is 0.456 e. The van der Waals surface area contributed by atoms with Crippen LogP contribution >= 0.6 is 0 Å². The number of hydrogen-bond donors (Lipinski definition) is 1. The summed E-state index contributed by atoms with van der Waals surface area (Å²) in [6.07, 6.45) is 2.48. The lowest BCUT2D eigenvalue weighted by Crippen LogP contribution is -2.20. The van der Waals surface area contributed by atoms with E-state index in [1.54, 1.807) is 12.3 Å². The van der Waals surface area contributed by atoms with Crippen molar-refractivity contribution in [2.45, 2.75) is 26.3 Å². The molecule has 1 unspecified atom stereocenters. The summed E-state index contributed by atoms with van der Waals surface area (Å²) < 4.78 is 31.6. The third-order valence-electron chi connectivity index (χ3n) is 3.05. The van der Waals surface area contributed by atoms with E-state index in [2.05, 4.69) is 17.2 Å². The molecule has 112 valence electrons. The smallest absolute Gasteiger partial charge is 0.145 e. The van der Waals surface area contributed by atoms with Crippen LogP contribution in [0.4, 0.5) is 8.78 Å². The minimum atomic E-state index is -0.673. The third kappa shape index (κ3) is 4.23. The highest BCUT2D eigenvalue weighted by molar-refractivity contribution is 5.31. The first kappa shape index (κ1) is 15.4. The summed E-state index contributed by atoms with van der Waals surface area (Å²) in [6, 6.07) is 6.84. The van der Waals surface area contributed by atoms with Crippen molar-refractivity contribution in [1.29, 1.82) is 0 Å². The molecule has 0 bridgehead atoms. The van der Waals surface area contributed by atoms with E-state index in [0.717, 1.165) is 36.9 Å². The van der Waals surface area contributed by atoms with E-state index in [4.69, 9.17) is 4.74 Å². The first-order chi connectivity index (χ1) is 10.1. The molecular formula is C16H18F2N2O. The van der Waals surface area contributed by atoms with Crippen LogP contribution in [0.3, 0.4) is 0 Å². The lowest BCUT2D eigenvalue weighted by Gasteiger charge is -2.15. The Labute approximate surface area is 123 Å². The Morgan fingerprint density at radius 2 is 1.81 bits per heavy atom. The van der Waals surface area contributed by atoms with Crippen LogP contribution < -0.4 is 10.1 Å². The van der Waals surface area contributed by atoms with Gasteiger partial charge in [0.15, 0.2) is 0 Å². The minimum absolute atomic E-state index is 0.112. The predicted octanol–water partition coefficient (Wildman–Crippen LogP) is 4.21. The first-order valence-electron chi connectivity index (χ1n) is 6.95. The van der Waals surface area contributed by atoms with Crippen LogP contribution in [-0.2, 0) is 0 Å². The van der Waals surface area contributed by atoms with E-state index in [1.807, 2.05) is 13.0 Å². The fourth-order valence-electron chi connectivity index (χ4n) is 2.09. The van der Waals surface area contributed by atoms with Crippen molar-refractivity contribution in [3.05, 3.63) is 53.9 Å². The first-order valence-corrected chi connectivity index (χ1v) is 6.95. The van der Waals surface area contributed by atoms with E-state index in [9.17, 15) is 8.78 Å². The van der Waals surface area contributed by atoms with Gasteiger partial charge >= 0.3 is 0 Å². The molecule has 5 heteroatoms. The summed E-state index contributed by atoms with van der Waals surface area (Å²) in [7, 11) is 0. The molecule has 2 rings (SSSR count). The van der Waals surface area contributed by atoms with Gasteiger partial charge in [-0.05, 0) is 25.1 Å². The van der Waals surface area contributed by atoms with Gasteiger partial charge in [-0.1, -0.05) is 13.8 Å². The summed E-state index contributed by atoms with van der Waals surface area (Å²) in [4.78, 5) is 4.33. The molecule has 0 spiro atoms. The van der Waals surface area contributed by atoms with Crippen molar-refractivity contribution >= 4 is 0 Å². The zero-order valence-corrected chi connectivity index (χ0v) is 12.1. The molecule has 0 saturated heterocycles. The minimum Gasteiger partial charge on any atom is -0.456 e. The van der Waals surface area contributed by atoms with Crippen LogP contribution in [0.1, 0.15) is 32.0 Å². The zero-order valence-electron chi connectivity index (χ0n) is 12.1. The fourth-order valence-corrected chi connectivity index (χ4v) is 2.09. The Morgan fingerprint density at radius 3 is 2.33 bits per heavy atom. The van der Waals surface area contributed by atoms with E-state index in [-0.39, 0.29) is 11.8 Å². The quantitative estimate of drug-likeness (QED) is 0.866. The Kier molecular flexibility index (Phi) is 5.22. The predicted molar refractivity (Wildman–Crippen MR) is 77.4 cm³/mol. The molecule has 1 aromatic heterocycles. The molecule has 0 aliphatic rings. The number of hydrogen-bond acceptors (Lipinski definition) is 3. The fraction of sp³-hybridized carbons (Fsp3) is 0.312. The number of nitrogens with one attached hydrogen (secondary N) is 1. The van der Waals surface area contributed by atoms with Crippen molar-refractivity contribution in [2.75, 3.05) is 6.54 Å². The topological polar surface area (TPSA) is 34.1 Å². The van der Waals surface area contributed by atoms with Crippen LogP contribution in [0.25, 0.3) is 0 Å². The van der Waals surface area contributed by atoms with Crippen LogP contribution in [0.2, 0.25) is 0 Å². The molecule has 0 aliphatic carbocycles. The summed E-state index contributed by atoms with van der Waals surface area (Å²) in [5.74, 6) is -0.795. The third-order valence-corrected chi connectivity index (χ3v) is 3.05. The van der Waals surface area contributed by atoms with Crippen LogP contribution in [0.5, 0.6) is 11.5 Å². The van der Waals surface area contributed by atoms with Gasteiger partial charge in [-0.15, -0.1) is 0 Å². The number of rotatable bonds is 6. The molecule has 0 aliphatic heterocycles. The van der Waals surface area contributed by atoms with Crippen LogP contribution in [0, 0.1) is 11.6 Å². The second-order valence-electron chi connectivity index (χ2n) is 4.64. The van der Waals surface area contributed by atoms with E-state index < -0.39 is 11.6 Å². The number of pyridine rings is 1. The van der Waals surface area contributed by atoms with E-state index >= 15 is 0 Å². The maximum Gasteiger partial charge on any atom is 0.145 e. The van der Waals surface area contributed by atoms with Crippen molar-refractivity contribution in [2.24, 2.45) is 0 Å². The second kappa shape index (κ2) is 7.13. The maximum absolute atomic E-state index is 13.1. The number of ether oxygens (including phenoxy) is 1. The molecule has 0 saturated carbocycles. The molecule has 2 aromatic rings. The lowest BCUT2D eigenvalue weighted by atomic mass is 10.1. The Balaban J connectivity index is 2.11. The summed E-state index contributed by atoms with van der Waals surface area (Å²) >= 11 is 0. The number of benzene rings is 1. The van der Waals surface area contributed by atoms with Crippen molar-refractivity contribution in [3.63, 3.8) is 0 Å². The number of aromatic nitrogens is 1.